The van der Waals surface area contributed by atoms with Gasteiger partial charge in [-0.2, -0.15) is 0 Å². The Morgan fingerprint density at radius 2 is 1.70 bits per heavy atom. The van der Waals surface area contributed by atoms with E-state index < -0.39 is 0 Å². The molecule has 0 aromatic rings. The second-order valence-corrected chi connectivity index (χ2v) is 7.86. The second-order valence-electron chi connectivity index (χ2n) is 7.86. The monoisotopic (exact) mass is 278 g/mol. The highest BCUT2D eigenvalue weighted by Gasteiger charge is 2.50. The van der Waals surface area contributed by atoms with Crippen LogP contribution in [-0.2, 0) is 4.79 Å². The van der Waals surface area contributed by atoms with Crippen LogP contribution < -0.4 is 10.6 Å². The predicted molar refractivity (Wildman–Crippen MR) is 81.4 cm³/mol. The lowest BCUT2D eigenvalue weighted by atomic mass is 9.49. The summed E-state index contributed by atoms with van der Waals surface area (Å²) >= 11 is 0. The van der Waals surface area contributed by atoms with Gasteiger partial charge >= 0.3 is 0 Å². The molecule has 1 amide bonds. The summed E-state index contributed by atoms with van der Waals surface area (Å²) in [6.45, 7) is 6.05. The summed E-state index contributed by atoms with van der Waals surface area (Å²) in [6.07, 6.45) is 9.17. The van der Waals surface area contributed by atoms with Gasteiger partial charge in [0.05, 0.1) is 0 Å². The molecule has 4 bridgehead atoms. The third-order valence-electron chi connectivity index (χ3n) is 5.87. The third kappa shape index (κ3) is 3.03. The summed E-state index contributed by atoms with van der Waals surface area (Å²) < 4.78 is 0. The number of rotatable bonds is 6. The van der Waals surface area contributed by atoms with Gasteiger partial charge in [0, 0.05) is 19.0 Å². The van der Waals surface area contributed by atoms with E-state index in [1.54, 1.807) is 0 Å². The Kier molecular flexibility index (Phi) is 4.07. The Bertz CT molecular complexity index is 331. The number of nitrogens with one attached hydrogen (secondary N) is 2. The number of amides is 1. The Balaban J connectivity index is 1.49. The quantitative estimate of drug-likeness (QED) is 0.784. The molecule has 0 saturated heterocycles. The maximum absolute atomic E-state index is 12.1. The molecule has 4 rings (SSSR count). The van der Waals surface area contributed by atoms with Gasteiger partial charge in [0.25, 0.3) is 0 Å². The van der Waals surface area contributed by atoms with Gasteiger partial charge < -0.3 is 10.6 Å². The molecule has 0 radical (unpaired) electrons. The number of carbonyl (C=O) groups excluding carboxylic acids is 1. The van der Waals surface area contributed by atoms with Gasteiger partial charge in [-0.05, 0) is 75.2 Å². The lowest BCUT2D eigenvalue weighted by Gasteiger charge is -2.56. The summed E-state index contributed by atoms with van der Waals surface area (Å²) in [4.78, 5) is 12.1. The SMILES string of the molecule is CCNC(C)CC(=O)NCC12CC3CC(CC(C3)C1)C2. The zero-order valence-corrected chi connectivity index (χ0v) is 13.1. The van der Waals surface area contributed by atoms with E-state index in [-0.39, 0.29) is 11.9 Å². The second kappa shape index (κ2) is 5.67. The first-order chi connectivity index (χ1) is 9.58. The minimum absolute atomic E-state index is 0.231. The number of hydrogen-bond acceptors (Lipinski definition) is 2. The van der Waals surface area contributed by atoms with Crippen molar-refractivity contribution in [2.45, 2.75) is 64.8 Å². The molecule has 1 atom stereocenters. The van der Waals surface area contributed by atoms with Crippen molar-refractivity contribution in [1.29, 1.82) is 0 Å². The Morgan fingerprint density at radius 3 is 2.20 bits per heavy atom. The standard InChI is InChI=1S/C17H30N2O/c1-3-18-12(2)4-16(20)19-11-17-8-13-5-14(9-17)7-15(6-13)10-17/h12-15,18H,3-11H2,1-2H3,(H,19,20). The Hall–Kier alpha value is -0.570. The van der Waals surface area contributed by atoms with Crippen molar-refractivity contribution in [3.05, 3.63) is 0 Å². The molecule has 2 N–H and O–H groups in total. The van der Waals surface area contributed by atoms with Crippen LogP contribution >= 0.6 is 0 Å². The molecule has 3 heteroatoms. The highest BCUT2D eigenvalue weighted by atomic mass is 16.1. The molecule has 3 nitrogen and oxygen atoms in total. The van der Waals surface area contributed by atoms with Crippen molar-refractivity contribution >= 4 is 5.91 Å². The summed E-state index contributed by atoms with van der Waals surface area (Å²) in [7, 11) is 0. The molecule has 20 heavy (non-hydrogen) atoms. The molecule has 0 aliphatic heterocycles. The van der Waals surface area contributed by atoms with Crippen LogP contribution in [0, 0.1) is 23.2 Å². The van der Waals surface area contributed by atoms with Gasteiger partial charge in [-0.3, -0.25) is 4.79 Å². The average molecular weight is 278 g/mol. The van der Waals surface area contributed by atoms with Crippen molar-refractivity contribution in [2.24, 2.45) is 23.2 Å². The zero-order chi connectivity index (χ0) is 14.2. The molecule has 0 spiro atoms. The highest BCUT2D eigenvalue weighted by Crippen LogP contribution is 2.59. The van der Waals surface area contributed by atoms with E-state index in [2.05, 4.69) is 24.5 Å². The molecule has 1 unspecified atom stereocenters. The lowest BCUT2D eigenvalue weighted by Crippen LogP contribution is -2.51. The first-order valence-corrected chi connectivity index (χ1v) is 8.58. The van der Waals surface area contributed by atoms with E-state index in [0.29, 0.717) is 11.8 Å². The van der Waals surface area contributed by atoms with Gasteiger partial charge in [-0.1, -0.05) is 6.92 Å². The Labute approximate surface area is 123 Å². The number of hydrogen-bond donors (Lipinski definition) is 2. The number of carbonyl (C=O) groups is 1. The van der Waals surface area contributed by atoms with Crippen molar-refractivity contribution in [1.82, 2.24) is 10.6 Å². The minimum atomic E-state index is 0.231. The first-order valence-electron chi connectivity index (χ1n) is 8.58. The van der Waals surface area contributed by atoms with Gasteiger partial charge in [-0.25, -0.2) is 0 Å². The van der Waals surface area contributed by atoms with Gasteiger partial charge in [0.2, 0.25) is 5.91 Å². The maximum Gasteiger partial charge on any atom is 0.221 e. The van der Waals surface area contributed by atoms with Crippen molar-refractivity contribution in [2.75, 3.05) is 13.1 Å². The van der Waals surface area contributed by atoms with Crippen LogP contribution in [0.2, 0.25) is 0 Å². The summed E-state index contributed by atoms with van der Waals surface area (Å²) in [5, 5.41) is 6.56. The fraction of sp³-hybridized carbons (Fsp3) is 0.941. The van der Waals surface area contributed by atoms with Crippen LogP contribution in [0.25, 0.3) is 0 Å². The minimum Gasteiger partial charge on any atom is -0.355 e. The smallest absolute Gasteiger partial charge is 0.221 e. The van der Waals surface area contributed by atoms with Crippen LogP contribution in [0.15, 0.2) is 0 Å². The van der Waals surface area contributed by atoms with E-state index in [1.165, 1.54) is 38.5 Å². The molecule has 0 heterocycles. The molecule has 4 aliphatic carbocycles. The normalized spacial score (nSPS) is 39.8. The molecule has 114 valence electrons. The largest absolute Gasteiger partial charge is 0.355 e. The molecule has 4 aliphatic rings. The van der Waals surface area contributed by atoms with Crippen LogP contribution in [0.4, 0.5) is 0 Å². The van der Waals surface area contributed by atoms with E-state index in [4.69, 9.17) is 0 Å². The molecule has 0 aromatic carbocycles. The fourth-order valence-corrected chi connectivity index (χ4v) is 5.56. The average Bonchev–Trinajstić information content (AvgIpc) is 2.35. The van der Waals surface area contributed by atoms with Crippen molar-refractivity contribution in [3.8, 4) is 0 Å². The summed E-state index contributed by atoms with van der Waals surface area (Å²) in [5.74, 6) is 3.14. The molecular formula is C17H30N2O. The zero-order valence-electron chi connectivity index (χ0n) is 13.1. The van der Waals surface area contributed by atoms with Crippen molar-refractivity contribution in [3.63, 3.8) is 0 Å². The topological polar surface area (TPSA) is 41.1 Å². The maximum atomic E-state index is 12.1. The van der Waals surface area contributed by atoms with E-state index in [1.807, 2.05) is 0 Å². The van der Waals surface area contributed by atoms with E-state index in [0.717, 1.165) is 30.8 Å². The summed E-state index contributed by atoms with van der Waals surface area (Å²) in [6, 6.07) is 0.288. The van der Waals surface area contributed by atoms with E-state index in [9.17, 15) is 4.79 Å². The third-order valence-corrected chi connectivity index (χ3v) is 5.87. The van der Waals surface area contributed by atoms with Gasteiger partial charge in [0.1, 0.15) is 0 Å². The van der Waals surface area contributed by atoms with Crippen LogP contribution in [0.1, 0.15) is 58.8 Å². The molecule has 4 saturated carbocycles. The van der Waals surface area contributed by atoms with Crippen LogP contribution in [0.5, 0.6) is 0 Å². The molecular weight excluding hydrogens is 248 g/mol. The van der Waals surface area contributed by atoms with Crippen LogP contribution in [-0.4, -0.2) is 25.0 Å². The highest BCUT2D eigenvalue weighted by molar-refractivity contribution is 5.76. The molecule has 4 fully saturated rings. The van der Waals surface area contributed by atoms with Gasteiger partial charge in [0.15, 0.2) is 0 Å². The van der Waals surface area contributed by atoms with E-state index >= 15 is 0 Å². The Morgan fingerprint density at radius 1 is 1.15 bits per heavy atom. The van der Waals surface area contributed by atoms with Gasteiger partial charge in [-0.15, -0.1) is 0 Å². The van der Waals surface area contributed by atoms with Crippen LogP contribution in [0.3, 0.4) is 0 Å². The predicted octanol–water partition coefficient (Wildman–Crippen LogP) is 2.71. The fourth-order valence-electron chi connectivity index (χ4n) is 5.56. The summed E-state index contributed by atoms with van der Waals surface area (Å²) in [5.41, 5.74) is 0.464. The van der Waals surface area contributed by atoms with Crippen molar-refractivity contribution < 1.29 is 4.79 Å². The lowest BCUT2D eigenvalue weighted by molar-refractivity contribution is -0.123. The first kappa shape index (κ1) is 14.4. The molecule has 0 aromatic heterocycles.